The summed E-state index contributed by atoms with van der Waals surface area (Å²) >= 11 is 0. The van der Waals surface area contributed by atoms with Crippen LogP contribution in [0.1, 0.15) is 47.4 Å². The Morgan fingerprint density at radius 2 is 1.89 bits per heavy atom. The van der Waals surface area contributed by atoms with Crippen LogP contribution in [0.25, 0.3) is 0 Å². The molecule has 6 heteroatoms. The number of piperidine rings is 2. The van der Waals surface area contributed by atoms with Gasteiger partial charge in [0, 0.05) is 37.8 Å². The van der Waals surface area contributed by atoms with E-state index in [-0.39, 0.29) is 22.4 Å². The molecule has 2 fully saturated rings. The molecule has 1 amide bonds. The number of aromatic nitrogens is 2. The number of likely N-dealkylation sites (tertiary alicyclic amines) is 2. The van der Waals surface area contributed by atoms with Crippen LogP contribution in [-0.4, -0.2) is 51.9 Å². The number of nitrogens with zero attached hydrogens (tertiary/aromatic N) is 3. The standard InChI is InChI=1S/C22H28N4O2/c1-17-23-13-19(20(27)24-17)21(28)26-12-6-10-22(16-26)9-5-11-25(15-22)14-18-7-3-2-4-8-18/h2-4,7-8,13H,5-6,9-12,14-16H2,1H3,(H,23,24,27)/t22-/m0/s1. The van der Waals surface area contributed by atoms with Crippen LogP contribution >= 0.6 is 0 Å². The highest BCUT2D eigenvalue weighted by Gasteiger charge is 2.40. The summed E-state index contributed by atoms with van der Waals surface area (Å²) in [4.78, 5) is 36.3. The topological polar surface area (TPSA) is 69.3 Å². The molecule has 2 aromatic rings. The van der Waals surface area contributed by atoms with E-state index < -0.39 is 0 Å². The molecule has 2 aliphatic heterocycles. The fraction of sp³-hybridized carbons (Fsp3) is 0.500. The lowest BCUT2D eigenvalue weighted by molar-refractivity contribution is 0.0112. The van der Waals surface area contributed by atoms with E-state index in [0.717, 1.165) is 51.9 Å². The Hall–Kier alpha value is -2.47. The van der Waals surface area contributed by atoms with Gasteiger partial charge in [0.05, 0.1) is 0 Å². The predicted octanol–water partition coefficient (Wildman–Crippen LogP) is 2.60. The zero-order valence-corrected chi connectivity index (χ0v) is 16.5. The molecular weight excluding hydrogens is 352 g/mol. The highest BCUT2D eigenvalue weighted by molar-refractivity contribution is 5.93. The van der Waals surface area contributed by atoms with Crippen LogP contribution in [0, 0.1) is 12.3 Å². The van der Waals surface area contributed by atoms with Crippen molar-refractivity contribution in [3.05, 3.63) is 63.8 Å². The zero-order chi connectivity index (χ0) is 19.6. The Morgan fingerprint density at radius 1 is 1.14 bits per heavy atom. The van der Waals surface area contributed by atoms with Crippen molar-refractivity contribution in [2.24, 2.45) is 5.41 Å². The van der Waals surface area contributed by atoms with Gasteiger partial charge in [-0.05, 0) is 44.7 Å². The smallest absolute Gasteiger partial charge is 0.263 e. The third kappa shape index (κ3) is 4.02. The molecule has 0 radical (unpaired) electrons. The Bertz CT molecular complexity index is 891. The maximum Gasteiger partial charge on any atom is 0.263 e. The second kappa shape index (κ2) is 7.87. The van der Waals surface area contributed by atoms with Gasteiger partial charge < -0.3 is 9.88 Å². The molecule has 6 nitrogen and oxygen atoms in total. The van der Waals surface area contributed by atoms with E-state index in [1.807, 2.05) is 11.0 Å². The average molecular weight is 380 g/mol. The van der Waals surface area contributed by atoms with Gasteiger partial charge in [0.1, 0.15) is 11.4 Å². The number of carbonyl (C=O) groups excluding carboxylic acids is 1. The van der Waals surface area contributed by atoms with Crippen molar-refractivity contribution in [3.8, 4) is 0 Å². The van der Waals surface area contributed by atoms with Crippen molar-refractivity contribution >= 4 is 5.91 Å². The maximum atomic E-state index is 13.0. The quantitative estimate of drug-likeness (QED) is 0.889. The molecule has 3 heterocycles. The summed E-state index contributed by atoms with van der Waals surface area (Å²) in [6, 6.07) is 10.6. The number of hydrogen-bond donors (Lipinski definition) is 1. The first-order valence-corrected chi connectivity index (χ1v) is 10.2. The van der Waals surface area contributed by atoms with Crippen LogP contribution in [-0.2, 0) is 6.54 Å². The van der Waals surface area contributed by atoms with Gasteiger partial charge in [-0.25, -0.2) is 4.98 Å². The highest BCUT2D eigenvalue weighted by Crippen LogP contribution is 2.39. The lowest BCUT2D eigenvalue weighted by Crippen LogP contribution is -2.53. The Labute approximate surface area is 165 Å². The van der Waals surface area contributed by atoms with E-state index >= 15 is 0 Å². The van der Waals surface area contributed by atoms with Gasteiger partial charge in [-0.15, -0.1) is 0 Å². The molecule has 1 atom stereocenters. The maximum absolute atomic E-state index is 13.0. The zero-order valence-electron chi connectivity index (χ0n) is 16.5. The Morgan fingerprint density at radius 3 is 2.64 bits per heavy atom. The van der Waals surface area contributed by atoms with Gasteiger partial charge in [-0.2, -0.15) is 0 Å². The normalized spacial score (nSPS) is 23.1. The molecule has 1 aromatic heterocycles. The van der Waals surface area contributed by atoms with E-state index in [4.69, 9.17) is 0 Å². The highest BCUT2D eigenvalue weighted by atomic mass is 16.2. The number of amides is 1. The Balaban J connectivity index is 1.47. The molecule has 4 rings (SSSR count). The molecular formula is C22H28N4O2. The van der Waals surface area contributed by atoms with Crippen molar-refractivity contribution < 1.29 is 4.79 Å². The first-order chi connectivity index (χ1) is 13.5. The summed E-state index contributed by atoms with van der Waals surface area (Å²) < 4.78 is 0. The minimum atomic E-state index is -0.341. The lowest BCUT2D eigenvalue weighted by Gasteiger charge is -2.48. The molecule has 148 valence electrons. The fourth-order valence-corrected chi connectivity index (χ4v) is 4.81. The van der Waals surface area contributed by atoms with Crippen LogP contribution < -0.4 is 5.56 Å². The minimum Gasteiger partial charge on any atom is -0.338 e. The first-order valence-electron chi connectivity index (χ1n) is 10.2. The molecule has 1 N–H and O–H groups in total. The molecule has 28 heavy (non-hydrogen) atoms. The summed E-state index contributed by atoms with van der Waals surface area (Å²) in [6.45, 7) is 6.23. The number of aryl methyl sites for hydroxylation is 1. The summed E-state index contributed by atoms with van der Waals surface area (Å²) in [7, 11) is 0. The third-order valence-corrected chi connectivity index (χ3v) is 6.09. The van der Waals surface area contributed by atoms with Gasteiger partial charge in [0.25, 0.3) is 11.5 Å². The SMILES string of the molecule is Cc1ncc(C(=O)N2CCC[C@]3(CCCN(Cc4ccccc4)C3)C2)c(=O)[nH]1. The van der Waals surface area contributed by atoms with Crippen LogP contribution in [0.5, 0.6) is 0 Å². The van der Waals surface area contributed by atoms with E-state index in [0.29, 0.717) is 12.4 Å². The van der Waals surface area contributed by atoms with Crippen molar-refractivity contribution in [1.82, 2.24) is 19.8 Å². The third-order valence-electron chi connectivity index (χ3n) is 6.09. The summed E-state index contributed by atoms with van der Waals surface area (Å²) in [5.41, 5.74) is 1.28. The molecule has 2 saturated heterocycles. The number of rotatable bonds is 3. The van der Waals surface area contributed by atoms with Crippen molar-refractivity contribution in [3.63, 3.8) is 0 Å². The molecule has 0 unspecified atom stereocenters. The number of nitrogens with one attached hydrogen (secondary N) is 1. The molecule has 0 saturated carbocycles. The lowest BCUT2D eigenvalue weighted by atomic mass is 9.73. The predicted molar refractivity (Wildman–Crippen MR) is 108 cm³/mol. The summed E-state index contributed by atoms with van der Waals surface area (Å²) in [5, 5.41) is 0. The van der Waals surface area contributed by atoms with Crippen LogP contribution in [0.2, 0.25) is 0 Å². The molecule has 0 bridgehead atoms. The number of hydrogen-bond acceptors (Lipinski definition) is 4. The second-order valence-electron chi connectivity index (χ2n) is 8.34. The molecule has 0 aliphatic carbocycles. The fourth-order valence-electron chi connectivity index (χ4n) is 4.81. The van der Waals surface area contributed by atoms with Gasteiger partial charge in [-0.3, -0.25) is 14.5 Å². The molecule has 1 aromatic carbocycles. The first kappa shape index (κ1) is 18.9. The van der Waals surface area contributed by atoms with Crippen molar-refractivity contribution in [1.29, 1.82) is 0 Å². The summed E-state index contributed by atoms with van der Waals surface area (Å²) in [6.07, 6.45) is 5.85. The molecule has 1 spiro atoms. The monoisotopic (exact) mass is 380 g/mol. The van der Waals surface area contributed by atoms with Gasteiger partial charge in [-0.1, -0.05) is 30.3 Å². The molecule has 2 aliphatic rings. The van der Waals surface area contributed by atoms with Crippen LogP contribution in [0.4, 0.5) is 0 Å². The van der Waals surface area contributed by atoms with Gasteiger partial charge in [0.2, 0.25) is 0 Å². The van der Waals surface area contributed by atoms with Gasteiger partial charge in [0.15, 0.2) is 0 Å². The minimum absolute atomic E-state index is 0.131. The van der Waals surface area contributed by atoms with E-state index in [9.17, 15) is 9.59 Å². The van der Waals surface area contributed by atoms with Crippen LogP contribution in [0.3, 0.4) is 0 Å². The summed E-state index contributed by atoms with van der Waals surface area (Å²) in [5.74, 6) is 0.341. The van der Waals surface area contributed by atoms with Crippen molar-refractivity contribution in [2.45, 2.75) is 39.2 Å². The Kier molecular flexibility index (Phi) is 5.31. The van der Waals surface area contributed by atoms with Crippen molar-refractivity contribution in [2.75, 3.05) is 26.2 Å². The van der Waals surface area contributed by atoms with Crippen LogP contribution in [0.15, 0.2) is 41.3 Å². The average Bonchev–Trinajstić information content (AvgIpc) is 2.68. The number of H-pyrrole nitrogens is 1. The van der Waals surface area contributed by atoms with E-state index in [2.05, 4.69) is 39.1 Å². The van der Waals surface area contributed by atoms with E-state index in [1.165, 1.54) is 11.8 Å². The number of carbonyl (C=O) groups is 1. The number of benzene rings is 1. The van der Waals surface area contributed by atoms with E-state index in [1.54, 1.807) is 6.92 Å². The largest absolute Gasteiger partial charge is 0.338 e. The van der Waals surface area contributed by atoms with Gasteiger partial charge >= 0.3 is 0 Å². The number of aromatic amines is 1. The second-order valence-corrected chi connectivity index (χ2v) is 8.34.